The molecule has 4 aromatic rings. The van der Waals surface area contributed by atoms with E-state index in [0.717, 1.165) is 0 Å². The third kappa shape index (κ3) is 6.52. The molecule has 1 aromatic heterocycles. The van der Waals surface area contributed by atoms with Gasteiger partial charge in [0, 0.05) is 35.1 Å². The van der Waals surface area contributed by atoms with Crippen LogP contribution in [0.25, 0.3) is 11.0 Å². The number of hydrogen-bond acceptors (Lipinski definition) is 9. The Labute approximate surface area is 233 Å². The number of hydrogen-bond donors (Lipinski definition) is 3. The van der Waals surface area contributed by atoms with Crippen LogP contribution >= 0.6 is 0 Å². The summed E-state index contributed by atoms with van der Waals surface area (Å²) in [6.45, 7) is 5.65. The lowest BCUT2D eigenvalue weighted by molar-refractivity contribution is -0.116. The molecule has 0 aliphatic heterocycles. The van der Waals surface area contributed by atoms with Crippen molar-refractivity contribution in [2.75, 3.05) is 35.7 Å². The van der Waals surface area contributed by atoms with Crippen LogP contribution in [0.3, 0.4) is 0 Å². The van der Waals surface area contributed by atoms with Gasteiger partial charge in [-0.25, -0.2) is 18.4 Å². The van der Waals surface area contributed by atoms with E-state index in [1.165, 1.54) is 26.4 Å². The number of sulfonamides is 1. The summed E-state index contributed by atoms with van der Waals surface area (Å²) in [4.78, 5) is 22.6. The van der Waals surface area contributed by atoms with E-state index in [0.29, 0.717) is 33.9 Å². The summed E-state index contributed by atoms with van der Waals surface area (Å²) in [5, 5.41) is 3.14. The zero-order chi connectivity index (χ0) is 29.1. The molecule has 0 unspecified atom stereocenters. The number of nitrogens with zero attached hydrogens (tertiary/aromatic N) is 3. The average Bonchev–Trinajstić information content (AvgIpc) is 2.91. The number of aromatic nitrogens is 2. The van der Waals surface area contributed by atoms with Crippen LogP contribution in [0.15, 0.2) is 71.6 Å². The van der Waals surface area contributed by atoms with Gasteiger partial charge in [-0.3, -0.25) is 9.52 Å². The van der Waals surface area contributed by atoms with Crippen molar-refractivity contribution in [2.45, 2.75) is 31.2 Å². The van der Waals surface area contributed by atoms with E-state index in [4.69, 9.17) is 15.2 Å². The van der Waals surface area contributed by atoms with Crippen LogP contribution in [0.4, 0.5) is 23.0 Å². The normalized spacial score (nSPS) is 11.6. The molecule has 210 valence electrons. The first-order valence-corrected chi connectivity index (χ1v) is 13.8. The first-order valence-electron chi connectivity index (χ1n) is 12.4. The van der Waals surface area contributed by atoms with Gasteiger partial charge in [0.15, 0.2) is 11.6 Å². The van der Waals surface area contributed by atoms with Crippen molar-refractivity contribution in [2.24, 2.45) is 5.73 Å². The topological polar surface area (TPSA) is 149 Å². The summed E-state index contributed by atoms with van der Waals surface area (Å²) in [7, 11) is -1.07. The zero-order valence-corrected chi connectivity index (χ0v) is 23.7. The molecule has 0 radical (unpaired) electrons. The number of nitrogens with one attached hydrogen (secondary N) is 2. The average molecular weight is 565 g/mol. The maximum absolute atomic E-state index is 13.6. The molecule has 0 atom stereocenters. The Hall–Kier alpha value is -4.58. The number of para-hydroxylation sites is 2. The Kier molecular flexibility index (Phi) is 8.01. The van der Waals surface area contributed by atoms with Crippen LogP contribution in [0, 0.1) is 0 Å². The zero-order valence-electron chi connectivity index (χ0n) is 22.9. The number of nitrogens with two attached hydrogens (primary N) is 1. The summed E-state index contributed by atoms with van der Waals surface area (Å²) < 4.78 is 40.6. The fourth-order valence-corrected chi connectivity index (χ4v) is 5.10. The second-order valence-electron chi connectivity index (χ2n) is 9.96. The summed E-state index contributed by atoms with van der Waals surface area (Å²) in [5.74, 6) is 0.718. The lowest BCUT2D eigenvalue weighted by Crippen LogP contribution is -2.46. The lowest BCUT2D eigenvalue weighted by atomic mass is 10.0. The number of amides is 1. The van der Waals surface area contributed by atoms with Crippen LogP contribution in [0.5, 0.6) is 11.5 Å². The molecule has 0 bridgehead atoms. The van der Waals surface area contributed by atoms with Crippen molar-refractivity contribution in [1.29, 1.82) is 0 Å². The van der Waals surface area contributed by atoms with Gasteiger partial charge < -0.3 is 25.4 Å². The summed E-state index contributed by atoms with van der Waals surface area (Å²) >= 11 is 0. The molecule has 4 rings (SSSR count). The summed E-state index contributed by atoms with van der Waals surface area (Å²) in [5.41, 5.74) is 7.12. The molecular weight excluding hydrogens is 532 g/mol. The Balaban J connectivity index is 1.76. The van der Waals surface area contributed by atoms with Crippen molar-refractivity contribution in [1.82, 2.24) is 9.97 Å². The predicted molar refractivity (Wildman–Crippen MR) is 156 cm³/mol. The third-order valence-corrected chi connectivity index (χ3v) is 7.32. The molecule has 0 aliphatic rings. The standard InChI is InChI=1S/C28H32N6O5S/c1-28(2,3)34(17-25(29)35)19-9-8-10-22(15-19)40(36,37)33-27-26(31-23-11-6-7-12-24(23)32-27)30-18-13-20(38-4)16-21(14-18)39-5/h6-16H,17H2,1-5H3,(H2,29,35)(H,30,31)(H,32,33). The Morgan fingerprint density at radius 2 is 1.50 bits per heavy atom. The molecule has 4 N–H and O–H groups in total. The minimum absolute atomic E-state index is 0.00398. The monoisotopic (exact) mass is 564 g/mol. The first-order chi connectivity index (χ1) is 18.9. The quantitative estimate of drug-likeness (QED) is 0.257. The van der Waals surface area contributed by atoms with Crippen molar-refractivity contribution in [3.05, 3.63) is 66.7 Å². The van der Waals surface area contributed by atoms with E-state index in [1.54, 1.807) is 53.4 Å². The SMILES string of the molecule is COc1cc(Nc2nc3ccccc3nc2NS(=O)(=O)c2cccc(N(CC(N)=O)C(C)(C)C)c2)cc(OC)c1. The summed E-state index contributed by atoms with van der Waals surface area (Å²) in [6.07, 6.45) is 0. The number of fused-ring (bicyclic) bond motifs is 1. The molecule has 11 nitrogen and oxygen atoms in total. The molecule has 1 amide bonds. The molecular formula is C28H32N6O5S. The van der Waals surface area contributed by atoms with Gasteiger partial charge >= 0.3 is 0 Å². The highest BCUT2D eigenvalue weighted by Gasteiger charge is 2.26. The smallest absolute Gasteiger partial charge is 0.263 e. The van der Waals surface area contributed by atoms with E-state index in [9.17, 15) is 13.2 Å². The number of carbonyl (C=O) groups is 1. The van der Waals surface area contributed by atoms with Crippen LogP contribution in [-0.2, 0) is 14.8 Å². The number of primary amides is 1. The molecule has 12 heteroatoms. The van der Waals surface area contributed by atoms with Gasteiger partial charge in [-0.15, -0.1) is 0 Å². The van der Waals surface area contributed by atoms with Crippen molar-refractivity contribution < 1.29 is 22.7 Å². The molecule has 1 heterocycles. The van der Waals surface area contributed by atoms with Crippen LogP contribution in [0.2, 0.25) is 0 Å². The number of anilines is 4. The van der Waals surface area contributed by atoms with Crippen LogP contribution in [-0.4, -0.2) is 50.6 Å². The first kappa shape index (κ1) is 28.4. The van der Waals surface area contributed by atoms with Gasteiger partial charge in [0.2, 0.25) is 5.91 Å². The minimum Gasteiger partial charge on any atom is -0.497 e. The van der Waals surface area contributed by atoms with E-state index >= 15 is 0 Å². The number of benzene rings is 3. The number of ether oxygens (including phenoxy) is 2. The van der Waals surface area contributed by atoms with E-state index in [1.807, 2.05) is 26.8 Å². The number of rotatable bonds is 10. The van der Waals surface area contributed by atoms with Gasteiger partial charge in [-0.2, -0.15) is 0 Å². The maximum atomic E-state index is 13.6. The molecule has 0 saturated heterocycles. The largest absolute Gasteiger partial charge is 0.497 e. The van der Waals surface area contributed by atoms with Crippen LogP contribution in [0.1, 0.15) is 20.8 Å². The van der Waals surface area contributed by atoms with E-state index < -0.39 is 21.5 Å². The highest BCUT2D eigenvalue weighted by atomic mass is 32.2. The van der Waals surface area contributed by atoms with Crippen LogP contribution < -0.4 is 30.1 Å². The fraction of sp³-hybridized carbons (Fsp3) is 0.250. The Morgan fingerprint density at radius 3 is 2.05 bits per heavy atom. The number of carbonyl (C=O) groups excluding carboxylic acids is 1. The highest BCUT2D eigenvalue weighted by Crippen LogP contribution is 2.32. The van der Waals surface area contributed by atoms with Gasteiger partial charge in [0.1, 0.15) is 11.5 Å². The molecule has 0 spiro atoms. The minimum atomic E-state index is -4.14. The number of methoxy groups -OCH3 is 2. The van der Waals surface area contributed by atoms with E-state index in [2.05, 4.69) is 20.0 Å². The Morgan fingerprint density at radius 1 is 0.900 bits per heavy atom. The molecule has 3 aromatic carbocycles. The fourth-order valence-electron chi connectivity index (χ4n) is 4.05. The maximum Gasteiger partial charge on any atom is 0.263 e. The Bertz CT molecular complexity index is 1630. The molecule has 40 heavy (non-hydrogen) atoms. The third-order valence-electron chi connectivity index (χ3n) is 5.98. The molecule has 0 saturated carbocycles. The van der Waals surface area contributed by atoms with Crippen molar-refractivity contribution >= 4 is 50.0 Å². The lowest BCUT2D eigenvalue weighted by Gasteiger charge is -2.37. The van der Waals surface area contributed by atoms with Gasteiger partial charge in [0.25, 0.3) is 10.0 Å². The van der Waals surface area contributed by atoms with Gasteiger partial charge in [-0.1, -0.05) is 18.2 Å². The van der Waals surface area contributed by atoms with Crippen molar-refractivity contribution in [3.63, 3.8) is 0 Å². The predicted octanol–water partition coefficient (Wildman–Crippen LogP) is 4.28. The second kappa shape index (κ2) is 11.3. The van der Waals surface area contributed by atoms with Gasteiger partial charge in [0.05, 0.1) is 36.7 Å². The van der Waals surface area contributed by atoms with E-state index in [-0.39, 0.29) is 23.1 Å². The second-order valence-corrected chi connectivity index (χ2v) is 11.6. The molecule has 0 aliphatic carbocycles. The van der Waals surface area contributed by atoms with Gasteiger partial charge in [-0.05, 0) is 51.1 Å². The summed E-state index contributed by atoms with van der Waals surface area (Å²) in [6, 6.07) is 18.6. The molecule has 0 fully saturated rings. The van der Waals surface area contributed by atoms with Crippen molar-refractivity contribution in [3.8, 4) is 11.5 Å². The highest BCUT2D eigenvalue weighted by molar-refractivity contribution is 7.92.